The number of para-hydroxylation sites is 1. The van der Waals surface area contributed by atoms with Gasteiger partial charge in [0, 0.05) is 11.5 Å². The van der Waals surface area contributed by atoms with Crippen molar-refractivity contribution in [3.8, 4) is 17.6 Å². The van der Waals surface area contributed by atoms with Gasteiger partial charge in [-0.05, 0) is 29.2 Å². The topological polar surface area (TPSA) is 70.3 Å². The normalized spacial score (nSPS) is 22.5. The van der Waals surface area contributed by atoms with E-state index in [4.69, 9.17) is 16.3 Å². The van der Waals surface area contributed by atoms with E-state index in [1.807, 2.05) is 6.07 Å². The highest BCUT2D eigenvalue weighted by molar-refractivity contribution is 6.30. The number of alkyl halides is 3. The quantitative estimate of drug-likeness (QED) is 0.569. The highest BCUT2D eigenvalue weighted by Gasteiger charge is 2.77. The molecular weight excluding hydrogens is 431 g/mol. The van der Waals surface area contributed by atoms with Crippen molar-refractivity contribution in [3.05, 3.63) is 70.8 Å². The number of hydrogen-bond donors (Lipinski definition) is 1. The van der Waals surface area contributed by atoms with E-state index in [2.05, 4.69) is 0 Å². The summed E-state index contributed by atoms with van der Waals surface area (Å²) in [4.78, 5) is 12.6. The number of hydrogen-bond acceptors (Lipinski definition) is 3. The Labute approximate surface area is 182 Å². The number of allylic oxidation sites excluding steroid dienone is 2. The zero-order chi connectivity index (χ0) is 23.0. The molecule has 0 radical (unpaired) electrons. The van der Waals surface area contributed by atoms with Crippen molar-refractivity contribution in [1.82, 2.24) is 0 Å². The third kappa shape index (κ3) is 3.77. The smallest absolute Gasteiger partial charge is 0.426 e. The van der Waals surface area contributed by atoms with E-state index in [0.29, 0.717) is 11.3 Å². The number of carboxylic acid groups (broad SMARTS) is 1. The largest absolute Gasteiger partial charge is 0.481 e. The fourth-order valence-corrected chi connectivity index (χ4v) is 4.45. The Morgan fingerprint density at radius 1 is 1.23 bits per heavy atom. The zero-order valence-corrected chi connectivity index (χ0v) is 17.5. The average molecular weight is 450 g/mol. The third-order valence-corrected chi connectivity index (χ3v) is 6.19. The summed E-state index contributed by atoms with van der Waals surface area (Å²) >= 11 is 5.47. The number of benzene rings is 2. The number of ether oxygens (including phenoxy) is 1. The summed E-state index contributed by atoms with van der Waals surface area (Å²) in [6.45, 7) is 3.14. The number of halogens is 4. The van der Waals surface area contributed by atoms with E-state index in [-0.39, 0.29) is 17.7 Å². The van der Waals surface area contributed by atoms with Gasteiger partial charge in [0.15, 0.2) is 0 Å². The van der Waals surface area contributed by atoms with Gasteiger partial charge in [0.2, 0.25) is 0 Å². The van der Waals surface area contributed by atoms with Gasteiger partial charge in [-0.15, -0.1) is 0 Å². The first-order valence-electron chi connectivity index (χ1n) is 9.38. The second-order valence-corrected chi connectivity index (χ2v) is 8.27. The first kappa shape index (κ1) is 22.7. The molecule has 0 aliphatic heterocycles. The molecule has 2 aromatic rings. The van der Waals surface area contributed by atoms with Gasteiger partial charge in [0.25, 0.3) is 0 Å². The first-order valence-corrected chi connectivity index (χ1v) is 9.75. The van der Waals surface area contributed by atoms with Gasteiger partial charge in [-0.2, -0.15) is 18.4 Å². The van der Waals surface area contributed by atoms with E-state index < -0.39 is 33.9 Å². The van der Waals surface area contributed by atoms with E-state index >= 15 is 0 Å². The number of carboxylic acids is 1. The molecule has 8 heteroatoms. The second kappa shape index (κ2) is 7.93. The summed E-state index contributed by atoms with van der Waals surface area (Å²) in [6, 6.07) is 15.3. The predicted octanol–water partition coefficient (Wildman–Crippen LogP) is 6.21. The van der Waals surface area contributed by atoms with Crippen LogP contribution in [0.2, 0.25) is 0 Å². The molecule has 0 unspecified atom stereocenters. The van der Waals surface area contributed by atoms with Crippen LogP contribution in [0.25, 0.3) is 0 Å². The van der Waals surface area contributed by atoms with E-state index in [1.54, 1.807) is 62.4 Å². The number of rotatable bonds is 6. The molecular formula is C23H19ClF3NO3. The van der Waals surface area contributed by atoms with Crippen LogP contribution in [0.3, 0.4) is 0 Å². The molecule has 4 nitrogen and oxygen atoms in total. The molecule has 2 atom stereocenters. The molecule has 0 amide bonds. The van der Waals surface area contributed by atoms with Crippen molar-refractivity contribution in [2.24, 2.45) is 11.3 Å². The number of nitriles is 1. The van der Waals surface area contributed by atoms with Gasteiger partial charge < -0.3 is 9.84 Å². The summed E-state index contributed by atoms with van der Waals surface area (Å²) < 4.78 is 45.2. The fraction of sp³-hybridized carbons (Fsp3) is 0.304. The molecule has 162 valence electrons. The lowest BCUT2D eigenvalue weighted by Gasteiger charge is -2.23. The van der Waals surface area contributed by atoms with Gasteiger partial charge in [-0.1, -0.05) is 61.9 Å². The Kier molecular flexibility index (Phi) is 5.81. The lowest BCUT2D eigenvalue weighted by molar-refractivity contribution is -0.141. The van der Waals surface area contributed by atoms with Gasteiger partial charge in [0.05, 0.1) is 12.5 Å². The van der Waals surface area contributed by atoms with E-state index in [0.717, 1.165) is 6.08 Å². The lowest BCUT2D eigenvalue weighted by atomic mass is 9.83. The van der Waals surface area contributed by atoms with Crippen LogP contribution < -0.4 is 4.74 Å². The predicted molar refractivity (Wildman–Crippen MR) is 109 cm³/mol. The Morgan fingerprint density at radius 3 is 2.42 bits per heavy atom. The molecule has 0 heterocycles. The molecule has 2 aromatic carbocycles. The van der Waals surface area contributed by atoms with E-state index in [9.17, 15) is 28.3 Å². The van der Waals surface area contributed by atoms with Crippen molar-refractivity contribution in [3.63, 3.8) is 0 Å². The SMILES string of the molecule is CC1(C)[C@H](C=C(Cl)C(F)(F)F)[C@@]1(C(=O)O)c1c(CC#N)cccc1Oc1ccccc1. The molecule has 31 heavy (non-hydrogen) atoms. The maximum atomic E-state index is 13.1. The maximum Gasteiger partial charge on any atom is 0.426 e. The number of nitrogens with zero attached hydrogens (tertiary/aromatic N) is 1. The Bertz CT molecular complexity index is 1070. The standard InChI is InChI=1S/C23H19ClF3NO3/c1-21(2)17(13-18(24)23(25,26)27)22(21,20(29)30)19-14(11-12-28)7-6-10-16(19)31-15-8-4-3-5-9-15/h3-10,13,17H,11H2,1-2H3,(H,29,30)/t17-,22-/m0/s1. The minimum Gasteiger partial charge on any atom is -0.481 e. The maximum absolute atomic E-state index is 13.1. The number of aliphatic carboxylic acids is 1. The highest BCUT2D eigenvalue weighted by atomic mass is 35.5. The molecule has 1 aliphatic rings. The van der Waals surface area contributed by atoms with Crippen molar-refractivity contribution < 1.29 is 27.8 Å². The molecule has 1 fully saturated rings. The summed E-state index contributed by atoms with van der Waals surface area (Å²) in [7, 11) is 0. The first-order chi connectivity index (χ1) is 14.5. The molecule has 0 spiro atoms. The van der Waals surface area contributed by atoms with Crippen molar-refractivity contribution in [2.45, 2.75) is 31.9 Å². The number of carbonyl (C=O) groups is 1. The summed E-state index contributed by atoms with van der Waals surface area (Å²) in [5, 5.41) is 18.2. The molecule has 0 bridgehead atoms. The third-order valence-electron chi connectivity index (χ3n) is 5.85. The van der Waals surface area contributed by atoms with Crippen molar-refractivity contribution in [2.75, 3.05) is 0 Å². The van der Waals surface area contributed by atoms with Crippen LogP contribution >= 0.6 is 11.6 Å². The van der Waals surface area contributed by atoms with Gasteiger partial charge in [-0.25, -0.2) is 0 Å². The van der Waals surface area contributed by atoms with Crippen molar-refractivity contribution in [1.29, 1.82) is 5.26 Å². The summed E-state index contributed by atoms with van der Waals surface area (Å²) in [5.41, 5.74) is -2.31. The van der Waals surface area contributed by atoms with Crippen LogP contribution in [0.1, 0.15) is 25.0 Å². The monoisotopic (exact) mass is 449 g/mol. The zero-order valence-electron chi connectivity index (χ0n) is 16.7. The average Bonchev–Trinajstić information content (AvgIpc) is 3.17. The Hall–Kier alpha value is -2.98. The lowest BCUT2D eigenvalue weighted by Crippen LogP contribution is -2.28. The van der Waals surface area contributed by atoms with Crippen LogP contribution in [0, 0.1) is 22.7 Å². The molecule has 3 rings (SSSR count). The highest BCUT2D eigenvalue weighted by Crippen LogP contribution is 2.72. The molecule has 0 aromatic heterocycles. The minimum absolute atomic E-state index is 0.129. The van der Waals surface area contributed by atoms with E-state index in [1.165, 1.54) is 0 Å². The Balaban J connectivity index is 2.24. The van der Waals surface area contributed by atoms with Gasteiger partial charge >= 0.3 is 12.1 Å². The van der Waals surface area contributed by atoms with Gasteiger partial charge in [-0.3, -0.25) is 4.79 Å². The summed E-state index contributed by atoms with van der Waals surface area (Å²) in [5.74, 6) is -1.77. The molecule has 0 saturated heterocycles. The van der Waals surface area contributed by atoms with Crippen LogP contribution in [0.15, 0.2) is 59.6 Å². The minimum atomic E-state index is -4.79. The van der Waals surface area contributed by atoms with Crippen LogP contribution in [-0.2, 0) is 16.6 Å². The van der Waals surface area contributed by atoms with Gasteiger partial charge in [0.1, 0.15) is 21.9 Å². The molecule has 1 N–H and O–H groups in total. The van der Waals surface area contributed by atoms with Crippen molar-refractivity contribution >= 4 is 17.6 Å². The van der Waals surface area contributed by atoms with Crippen LogP contribution in [-0.4, -0.2) is 17.3 Å². The Morgan fingerprint density at radius 2 is 1.87 bits per heavy atom. The van der Waals surface area contributed by atoms with Crippen LogP contribution in [0.5, 0.6) is 11.5 Å². The molecule has 1 aliphatic carbocycles. The summed E-state index contributed by atoms with van der Waals surface area (Å²) in [6.07, 6.45) is -4.17. The fourth-order valence-electron chi connectivity index (χ4n) is 4.33. The molecule has 1 saturated carbocycles. The van der Waals surface area contributed by atoms with Crippen LogP contribution in [0.4, 0.5) is 13.2 Å². The second-order valence-electron chi connectivity index (χ2n) is 7.87.